The van der Waals surface area contributed by atoms with E-state index in [9.17, 15) is 34.2 Å². The number of hydrogen-bond donors (Lipinski definition) is 7. The highest BCUT2D eigenvalue weighted by molar-refractivity contribution is 5.94. The van der Waals surface area contributed by atoms with Crippen LogP contribution in [0.5, 0.6) is 5.75 Å². The van der Waals surface area contributed by atoms with E-state index >= 15 is 0 Å². The molecule has 0 aliphatic rings. The average Bonchev–Trinajstić information content (AvgIpc) is 2.76. The molecular formula is C22H32N4O8. The van der Waals surface area contributed by atoms with Gasteiger partial charge in [0.2, 0.25) is 17.7 Å². The highest BCUT2D eigenvalue weighted by atomic mass is 16.4. The van der Waals surface area contributed by atoms with Crippen LogP contribution in [-0.2, 0) is 30.4 Å². The van der Waals surface area contributed by atoms with Crippen molar-refractivity contribution >= 4 is 29.7 Å². The van der Waals surface area contributed by atoms with E-state index < -0.39 is 60.2 Å². The van der Waals surface area contributed by atoms with Crippen LogP contribution in [0.15, 0.2) is 24.3 Å². The van der Waals surface area contributed by atoms with Crippen molar-refractivity contribution < 1.29 is 39.3 Å². The first-order valence-corrected chi connectivity index (χ1v) is 10.7. The molecular weight excluding hydrogens is 448 g/mol. The van der Waals surface area contributed by atoms with E-state index in [1.807, 2.05) is 0 Å². The van der Waals surface area contributed by atoms with Crippen LogP contribution in [-0.4, -0.2) is 69.1 Å². The summed E-state index contributed by atoms with van der Waals surface area (Å²) in [6, 6.07) is 0.985. The Kier molecular flexibility index (Phi) is 11.0. The lowest BCUT2D eigenvalue weighted by Gasteiger charge is -2.25. The molecule has 3 amide bonds. The van der Waals surface area contributed by atoms with Gasteiger partial charge in [-0.15, -0.1) is 0 Å². The minimum atomic E-state index is -1.37. The topological polar surface area (TPSA) is 208 Å². The van der Waals surface area contributed by atoms with Gasteiger partial charge in [0, 0.05) is 6.42 Å². The van der Waals surface area contributed by atoms with Crippen LogP contribution in [0.1, 0.15) is 39.2 Å². The lowest BCUT2D eigenvalue weighted by Crippen LogP contribution is -2.57. The SMILES string of the molecule is CCC(C)C(NC(=O)C(Cc1ccc(O)cc1)NC(=O)C(C)NC(=O)C(N)CC(=O)O)C(=O)O. The minimum absolute atomic E-state index is 0.00512. The zero-order valence-electron chi connectivity index (χ0n) is 19.3. The van der Waals surface area contributed by atoms with Gasteiger partial charge in [-0.2, -0.15) is 0 Å². The average molecular weight is 481 g/mol. The molecule has 12 nitrogen and oxygen atoms in total. The Morgan fingerprint density at radius 1 is 0.912 bits per heavy atom. The second-order valence-electron chi connectivity index (χ2n) is 8.08. The third kappa shape index (κ3) is 9.06. The molecule has 8 N–H and O–H groups in total. The molecule has 0 aliphatic heterocycles. The summed E-state index contributed by atoms with van der Waals surface area (Å²) in [7, 11) is 0. The van der Waals surface area contributed by atoms with Gasteiger partial charge in [0.25, 0.3) is 0 Å². The number of aromatic hydroxyl groups is 1. The minimum Gasteiger partial charge on any atom is -0.508 e. The van der Waals surface area contributed by atoms with Crippen molar-refractivity contribution in [3.63, 3.8) is 0 Å². The van der Waals surface area contributed by atoms with Crippen molar-refractivity contribution in [1.82, 2.24) is 16.0 Å². The summed E-state index contributed by atoms with van der Waals surface area (Å²) in [4.78, 5) is 60.0. The van der Waals surface area contributed by atoms with Gasteiger partial charge in [-0.1, -0.05) is 32.4 Å². The van der Waals surface area contributed by atoms with E-state index in [1.54, 1.807) is 26.0 Å². The molecule has 1 aromatic rings. The van der Waals surface area contributed by atoms with Crippen LogP contribution < -0.4 is 21.7 Å². The van der Waals surface area contributed by atoms with Gasteiger partial charge in [0.05, 0.1) is 12.5 Å². The first-order valence-electron chi connectivity index (χ1n) is 10.7. The van der Waals surface area contributed by atoms with Gasteiger partial charge < -0.3 is 37.0 Å². The molecule has 0 aliphatic carbocycles. The highest BCUT2D eigenvalue weighted by Gasteiger charge is 2.31. The van der Waals surface area contributed by atoms with Crippen LogP contribution >= 0.6 is 0 Å². The molecule has 12 heteroatoms. The number of nitrogens with two attached hydrogens (primary N) is 1. The van der Waals surface area contributed by atoms with E-state index in [0.29, 0.717) is 12.0 Å². The summed E-state index contributed by atoms with van der Waals surface area (Å²) in [6.45, 7) is 4.78. The van der Waals surface area contributed by atoms with Gasteiger partial charge >= 0.3 is 11.9 Å². The Morgan fingerprint density at radius 3 is 2.00 bits per heavy atom. The quantitative estimate of drug-likeness (QED) is 0.191. The fraction of sp³-hybridized carbons (Fsp3) is 0.500. The highest BCUT2D eigenvalue weighted by Crippen LogP contribution is 2.13. The predicted molar refractivity (Wildman–Crippen MR) is 121 cm³/mol. The van der Waals surface area contributed by atoms with Crippen LogP contribution in [0.3, 0.4) is 0 Å². The van der Waals surface area contributed by atoms with E-state index in [0.717, 1.165) is 0 Å². The predicted octanol–water partition coefficient (Wildman–Crippen LogP) is -0.658. The number of nitrogens with one attached hydrogen (secondary N) is 3. The Labute approximate surface area is 196 Å². The number of carboxylic acid groups (broad SMARTS) is 2. The zero-order valence-corrected chi connectivity index (χ0v) is 19.3. The van der Waals surface area contributed by atoms with E-state index in [-0.39, 0.29) is 18.1 Å². The molecule has 34 heavy (non-hydrogen) atoms. The van der Waals surface area contributed by atoms with Gasteiger partial charge in [-0.3, -0.25) is 19.2 Å². The first-order chi connectivity index (χ1) is 15.8. The Bertz CT molecular complexity index is 889. The van der Waals surface area contributed by atoms with Crippen molar-refractivity contribution in [2.24, 2.45) is 11.7 Å². The summed E-state index contributed by atoms with van der Waals surface area (Å²) in [5.41, 5.74) is 6.07. The lowest BCUT2D eigenvalue weighted by molar-refractivity contribution is -0.143. The summed E-state index contributed by atoms with van der Waals surface area (Å²) >= 11 is 0. The number of carboxylic acids is 2. The number of phenolic OH excluding ortho intramolecular Hbond substituents is 1. The Morgan fingerprint density at radius 2 is 1.50 bits per heavy atom. The molecule has 0 bridgehead atoms. The first kappa shape index (κ1) is 28.4. The maximum Gasteiger partial charge on any atom is 0.326 e. The third-order valence-electron chi connectivity index (χ3n) is 5.27. The maximum atomic E-state index is 12.9. The number of carbonyl (C=O) groups is 5. The van der Waals surface area contributed by atoms with Crippen molar-refractivity contribution in [2.75, 3.05) is 0 Å². The fourth-order valence-corrected chi connectivity index (χ4v) is 2.98. The number of hydrogen-bond acceptors (Lipinski definition) is 7. The molecule has 1 aromatic carbocycles. The molecule has 0 aromatic heterocycles. The molecule has 188 valence electrons. The second-order valence-corrected chi connectivity index (χ2v) is 8.08. The van der Waals surface area contributed by atoms with E-state index in [1.165, 1.54) is 19.1 Å². The zero-order chi connectivity index (χ0) is 26.0. The largest absolute Gasteiger partial charge is 0.508 e. The molecule has 0 saturated carbocycles. The molecule has 5 atom stereocenters. The van der Waals surface area contributed by atoms with Gasteiger partial charge in [0.1, 0.15) is 23.9 Å². The van der Waals surface area contributed by atoms with Gasteiger partial charge in [-0.25, -0.2) is 4.79 Å². The van der Waals surface area contributed by atoms with Crippen molar-refractivity contribution in [3.05, 3.63) is 29.8 Å². The Hall–Kier alpha value is -3.67. The third-order valence-corrected chi connectivity index (χ3v) is 5.27. The summed E-state index contributed by atoms with van der Waals surface area (Å²) in [6.07, 6.45) is -0.159. The molecule has 1 rings (SSSR count). The molecule has 5 unspecified atom stereocenters. The van der Waals surface area contributed by atoms with Gasteiger partial charge in [0.15, 0.2) is 0 Å². The number of benzene rings is 1. The Balaban J connectivity index is 3.00. The number of carbonyl (C=O) groups excluding carboxylic acids is 3. The maximum absolute atomic E-state index is 12.9. The van der Waals surface area contributed by atoms with Crippen LogP contribution in [0.25, 0.3) is 0 Å². The smallest absolute Gasteiger partial charge is 0.326 e. The fourth-order valence-electron chi connectivity index (χ4n) is 2.98. The lowest BCUT2D eigenvalue weighted by atomic mass is 9.98. The second kappa shape index (κ2) is 13.1. The molecule has 0 spiro atoms. The van der Waals surface area contributed by atoms with E-state index in [2.05, 4.69) is 16.0 Å². The van der Waals surface area contributed by atoms with Crippen molar-refractivity contribution in [2.45, 2.75) is 64.2 Å². The van der Waals surface area contributed by atoms with Crippen molar-refractivity contribution in [3.8, 4) is 5.75 Å². The van der Waals surface area contributed by atoms with Crippen molar-refractivity contribution in [1.29, 1.82) is 0 Å². The van der Waals surface area contributed by atoms with E-state index in [4.69, 9.17) is 10.8 Å². The number of amides is 3. The summed E-state index contributed by atoms with van der Waals surface area (Å²) in [5, 5.41) is 34.9. The number of rotatable bonds is 13. The van der Waals surface area contributed by atoms with Crippen LogP contribution in [0.2, 0.25) is 0 Å². The van der Waals surface area contributed by atoms with Crippen LogP contribution in [0, 0.1) is 5.92 Å². The monoisotopic (exact) mass is 480 g/mol. The number of phenols is 1. The summed E-state index contributed by atoms with van der Waals surface area (Å²) < 4.78 is 0. The molecule has 0 saturated heterocycles. The number of aliphatic carboxylic acids is 2. The summed E-state index contributed by atoms with van der Waals surface area (Å²) in [5.74, 6) is -5.22. The normalized spacial score (nSPS) is 15.2. The molecule has 0 radical (unpaired) electrons. The van der Waals surface area contributed by atoms with Crippen LogP contribution in [0.4, 0.5) is 0 Å². The standard InChI is InChI=1S/C22H32N4O8/c1-4-11(2)18(22(33)34)26-21(32)16(9-13-5-7-14(27)8-6-13)25-19(30)12(3)24-20(31)15(23)10-17(28)29/h5-8,11-12,15-16,18,27H,4,9-10,23H2,1-3H3,(H,24,31)(H,25,30)(H,26,32)(H,28,29)(H,33,34). The van der Waals surface area contributed by atoms with Gasteiger partial charge in [-0.05, 0) is 30.5 Å². The molecule has 0 heterocycles. The molecule has 0 fully saturated rings.